The van der Waals surface area contributed by atoms with Crippen LogP contribution >= 0.6 is 11.6 Å². The number of ether oxygens (including phenoxy) is 2. The molecule has 0 amide bonds. The van der Waals surface area contributed by atoms with Gasteiger partial charge in [0.1, 0.15) is 11.5 Å². The van der Waals surface area contributed by atoms with E-state index in [4.69, 9.17) is 26.2 Å². The van der Waals surface area contributed by atoms with E-state index in [2.05, 4.69) is 5.10 Å². The maximum atomic E-state index is 11.0. The van der Waals surface area contributed by atoms with E-state index in [0.717, 1.165) is 16.8 Å². The second kappa shape index (κ2) is 7.13. The smallest absolute Gasteiger partial charge is 0.344 e. The molecule has 0 unspecified atom stereocenters. The lowest BCUT2D eigenvalue weighted by Gasteiger charge is -2.16. The van der Waals surface area contributed by atoms with Crippen LogP contribution in [0.1, 0.15) is 30.7 Å². The molecule has 0 bridgehead atoms. The van der Waals surface area contributed by atoms with Gasteiger partial charge in [-0.1, -0.05) is 18.5 Å². The lowest BCUT2D eigenvalue weighted by molar-refractivity contribution is -0.144. The monoisotopic (exact) mass is 352 g/mol. The molecule has 2 aromatic rings. The fourth-order valence-electron chi connectivity index (χ4n) is 2.27. The van der Waals surface area contributed by atoms with E-state index >= 15 is 0 Å². The van der Waals surface area contributed by atoms with Crippen molar-refractivity contribution in [3.8, 4) is 17.4 Å². The summed E-state index contributed by atoms with van der Waals surface area (Å²) in [7, 11) is 1.81. The molecular weight excluding hydrogens is 332 g/mol. The molecule has 7 heteroatoms. The average molecular weight is 353 g/mol. The van der Waals surface area contributed by atoms with Crippen LogP contribution in [0, 0.1) is 13.8 Å². The van der Waals surface area contributed by atoms with E-state index in [0.29, 0.717) is 23.1 Å². The maximum absolute atomic E-state index is 11.0. The lowest BCUT2D eigenvalue weighted by Crippen LogP contribution is -2.23. The number of hydrogen-bond donors (Lipinski definition) is 1. The number of carboxylic acid groups (broad SMARTS) is 1. The summed E-state index contributed by atoms with van der Waals surface area (Å²) in [4.78, 5) is 11.0. The van der Waals surface area contributed by atoms with Gasteiger partial charge in [0.2, 0.25) is 5.88 Å². The third kappa shape index (κ3) is 3.64. The highest BCUT2D eigenvalue weighted by Gasteiger charge is 2.19. The van der Waals surface area contributed by atoms with Crippen LogP contribution in [0.3, 0.4) is 0 Å². The van der Waals surface area contributed by atoms with Crippen LogP contribution < -0.4 is 9.47 Å². The summed E-state index contributed by atoms with van der Waals surface area (Å²) in [5.74, 6) is 0.406. The topological polar surface area (TPSA) is 73.6 Å². The van der Waals surface area contributed by atoms with Crippen LogP contribution in [0.15, 0.2) is 12.1 Å². The number of halogens is 1. The molecule has 130 valence electrons. The predicted molar refractivity (Wildman–Crippen MR) is 91.3 cm³/mol. The third-order valence-electron chi connectivity index (χ3n) is 3.81. The molecule has 1 aromatic heterocycles. The SMILES string of the molecule is CCc1cc(Cl)c(O[C@@H](C)C(=O)O)cc1Oc1c(C)c(C)nn1C. The summed E-state index contributed by atoms with van der Waals surface area (Å²) >= 11 is 6.21. The van der Waals surface area contributed by atoms with Gasteiger partial charge in [0.15, 0.2) is 6.10 Å². The summed E-state index contributed by atoms with van der Waals surface area (Å²) in [6.45, 7) is 7.28. The highest BCUT2D eigenvalue weighted by Crippen LogP contribution is 2.37. The lowest BCUT2D eigenvalue weighted by atomic mass is 10.1. The van der Waals surface area contributed by atoms with Gasteiger partial charge in [0.05, 0.1) is 10.7 Å². The Bertz CT molecular complexity index is 770. The first-order valence-corrected chi connectivity index (χ1v) is 8.02. The Hall–Kier alpha value is -2.21. The van der Waals surface area contributed by atoms with Crippen LogP contribution in [0.5, 0.6) is 17.4 Å². The predicted octanol–water partition coefficient (Wildman–Crippen LogP) is 3.90. The number of benzene rings is 1. The minimum Gasteiger partial charge on any atom is -0.479 e. The van der Waals surface area contributed by atoms with Gasteiger partial charge in [-0.15, -0.1) is 0 Å². The molecule has 0 spiro atoms. The summed E-state index contributed by atoms with van der Waals surface area (Å²) < 4.78 is 13.1. The molecule has 1 heterocycles. The molecular formula is C17H21ClN2O4. The van der Waals surface area contributed by atoms with Crippen molar-refractivity contribution in [2.24, 2.45) is 7.05 Å². The van der Waals surface area contributed by atoms with Crippen LogP contribution in [0.25, 0.3) is 0 Å². The fraction of sp³-hybridized carbons (Fsp3) is 0.412. The number of carboxylic acids is 1. The van der Waals surface area contributed by atoms with Gasteiger partial charge in [0.25, 0.3) is 0 Å². The first-order valence-electron chi connectivity index (χ1n) is 7.64. The normalized spacial score (nSPS) is 12.1. The van der Waals surface area contributed by atoms with Crippen molar-refractivity contribution in [3.63, 3.8) is 0 Å². The number of nitrogens with zero attached hydrogens (tertiary/aromatic N) is 2. The largest absolute Gasteiger partial charge is 0.479 e. The van der Waals surface area contributed by atoms with Crippen molar-refractivity contribution in [1.82, 2.24) is 9.78 Å². The fourth-order valence-corrected chi connectivity index (χ4v) is 2.50. The van der Waals surface area contributed by atoms with Crippen molar-refractivity contribution in [3.05, 3.63) is 34.0 Å². The van der Waals surface area contributed by atoms with Gasteiger partial charge in [-0.05, 0) is 38.8 Å². The Labute approximate surface area is 146 Å². The van der Waals surface area contributed by atoms with Crippen molar-refractivity contribution in [2.75, 3.05) is 0 Å². The minimum absolute atomic E-state index is 0.273. The van der Waals surface area contributed by atoms with Crippen LogP contribution in [0.2, 0.25) is 5.02 Å². The van der Waals surface area contributed by atoms with Crippen LogP contribution in [-0.2, 0) is 18.3 Å². The number of rotatable bonds is 6. The van der Waals surface area contributed by atoms with E-state index in [9.17, 15) is 4.79 Å². The summed E-state index contributed by atoms with van der Waals surface area (Å²) in [6.07, 6.45) is -0.303. The molecule has 1 N–H and O–H groups in total. The molecule has 0 aliphatic heterocycles. The number of aryl methyl sites for hydroxylation is 3. The van der Waals surface area contributed by atoms with E-state index in [1.54, 1.807) is 23.9 Å². The molecule has 6 nitrogen and oxygen atoms in total. The first kappa shape index (κ1) is 18.1. The summed E-state index contributed by atoms with van der Waals surface area (Å²) in [6, 6.07) is 3.36. The number of hydrogen-bond acceptors (Lipinski definition) is 4. The van der Waals surface area contributed by atoms with Gasteiger partial charge in [-0.25, -0.2) is 9.48 Å². The van der Waals surface area contributed by atoms with Gasteiger partial charge < -0.3 is 14.6 Å². The molecule has 2 rings (SSSR count). The molecule has 0 saturated carbocycles. The van der Waals surface area contributed by atoms with Crippen molar-refractivity contribution in [2.45, 2.75) is 40.2 Å². The highest BCUT2D eigenvalue weighted by atomic mass is 35.5. The van der Waals surface area contributed by atoms with Crippen LogP contribution in [0.4, 0.5) is 0 Å². The van der Waals surface area contributed by atoms with E-state index in [1.165, 1.54) is 6.92 Å². The standard InChI is InChI=1S/C17H21ClN2O4/c1-6-12-7-13(18)15(23-11(4)17(21)22)8-14(12)24-16-9(2)10(3)19-20(16)5/h7-8,11H,6H2,1-5H3,(H,21,22)/t11-/m0/s1. The van der Waals surface area contributed by atoms with Crippen molar-refractivity contribution >= 4 is 17.6 Å². The number of aromatic nitrogens is 2. The van der Waals surface area contributed by atoms with Crippen LogP contribution in [-0.4, -0.2) is 27.0 Å². The zero-order valence-electron chi connectivity index (χ0n) is 14.4. The Kier molecular flexibility index (Phi) is 5.39. The zero-order chi connectivity index (χ0) is 18.0. The first-order chi connectivity index (χ1) is 11.2. The number of aliphatic carboxylic acids is 1. The number of carbonyl (C=O) groups is 1. The van der Waals surface area contributed by atoms with Gasteiger partial charge in [-0.2, -0.15) is 5.10 Å². The molecule has 0 fully saturated rings. The average Bonchev–Trinajstić information content (AvgIpc) is 2.76. The van der Waals surface area contributed by atoms with E-state index < -0.39 is 12.1 Å². The molecule has 24 heavy (non-hydrogen) atoms. The van der Waals surface area contributed by atoms with Crippen molar-refractivity contribution in [1.29, 1.82) is 0 Å². The molecule has 1 atom stereocenters. The molecule has 0 aliphatic carbocycles. The molecule has 0 radical (unpaired) electrons. The Balaban J connectivity index is 2.42. The Morgan fingerprint density at radius 1 is 1.38 bits per heavy atom. The van der Waals surface area contributed by atoms with Gasteiger partial charge in [0, 0.05) is 18.7 Å². The quantitative estimate of drug-likeness (QED) is 0.853. The van der Waals surface area contributed by atoms with Crippen molar-refractivity contribution < 1.29 is 19.4 Å². The third-order valence-corrected chi connectivity index (χ3v) is 4.11. The second-order valence-electron chi connectivity index (χ2n) is 5.58. The summed E-state index contributed by atoms with van der Waals surface area (Å²) in [5, 5.41) is 13.7. The molecule has 1 aromatic carbocycles. The van der Waals surface area contributed by atoms with Gasteiger partial charge in [-0.3, -0.25) is 0 Å². The molecule has 0 aliphatic rings. The zero-order valence-corrected chi connectivity index (χ0v) is 15.1. The maximum Gasteiger partial charge on any atom is 0.344 e. The molecule has 0 saturated heterocycles. The Morgan fingerprint density at radius 2 is 2.04 bits per heavy atom. The van der Waals surface area contributed by atoms with E-state index in [-0.39, 0.29) is 5.75 Å². The minimum atomic E-state index is -1.06. The Morgan fingerprint density at radius 3 is 2.54 bits per heavy atom. The van der Waals surface area contributed by atoms with Gasteiger partial charge >= 0.3 is 5.97 Å². The second-order valence-corrected chi connectivity index (χ2v) is 5.99. The summed E-state index contributed by atoms with van der Waals surface area (Å²) in [5.41, 5.74) is 2.72. The van der Waals surface area contributed by atoms with E-state index in [1.807, 2.05) is 20.8 Å². The highest BCUT2D eigenvalue weighted by molar-refractivity contribution is 6.32.